The normalized spacial score (nSPS) is 19.4. The first-order valence-corrected chi connectivity index (χ1v) is 9.63. The van der Waals surface area contributed by atoms with Crippen LogP contribution in [0.3, 0.4) is 0 Å². The second-order valence-corrected chi connectivity index (χ2v) is 7.35. The molecular formula is C20H25N3O4. The summed E-state index contributed by atoms with van der Waals surface area (Å²) in [5, 5.41) is 0. The van der Waals surface area contributed by atoms with Gasteiger partial charge in [0.25, 0.3) is 6.01 Å². The number of nitrogens with zero attached hydrogens (tertiary/aromatic N) is 3. The SMILES string of the molecule is COC(=O)C1CCN(C(=O)C2CCN(c3nc4ccccc4o3)CC2)CC1. The predicted octanol–water partition coefficient (Wildman–Crippen LogP) is 2.46. The zero-order chi connectivity index (χ0) is 18.8. The summed E-state index contributed by atoms with van der Waals surface area (Å²) in [6.07, 6.45) is 2.99. The number of para-hydroxylation sites is 2. The van der Waals surface area contributed by atoms with Crippen molar-refractivity contribution in [1.29, 1.82) is 0 Å². The van der Waals surface area contributed by atoms with Gasteiger partial charge >= 0.3 is 5.97 Å². The van der Waals surface area contributed by atoms with E-state index in [9.17, 15) is 9.59 Å². The van der Waals surface area contributed by atoms with Gasteiger partial charge in [-0.2, -0.15) is 4.98 Å². The highest BCUT2D eigenvalue weighted by Gasteiger charge is 2.33. The van der Waals surface area contributed by atoms with Crippen molar-refractivity contribution in [1.82, 2.24) is 9.88 Å². The smallest absolute Gasteiger partial charge is 0.308 e. The van der Waals surface area contributed by atoms with Crippen molar-refractivity contribution in [3.8, 4) is 0 Å². The summed E-state index contributed by atoms with van der Waals surface area (Å²) < 4.78 is 10.7. The van der Waals surface area contributed by atoms with Crippen LogP contribution in [-0.4, -0.2) is 55.0 Å². The summed E-state index contributed by atoms with van der Waals surface area (Å²) in [5.41, 5.74) is 1.65. The molecule has 0 radical (unpaired) electrons. The van der Waals surface area contributed by atoms with E-state index in [4.69, 9.17) is 9.15 Å². The van der Waals surface area contributed by atoms with E-state index in [0.717, 1.165) is 37.0 Å². The molecule has 1 amide bonds. The highest BCUT2D eigenvalue weighted by molar-refractivity contribution is 5.80. The number of oxazole rings is 1. The third kappa shape index (κ3) is 3.63. The van der Waals surface area contributed by atoms with Crippen LogP contribution in [-0.2, 0) is 14.3 Å². The highest BCUT2D eigenvalue weighted by atomic mass is 16.5. The average Bonchev–Trinajstić information content (AvgIpc) is 3.17. The summed E-state index contributed by atoms with van der Waals surface area (Å²) in [5.74, 6) is 0.0321. The molecule has 0 bridgehead atoms. The predicted molar refractivity (Wildman–Crippen MR) is 100 cm³/mol. The monoisotopic (exact) mass is 371 g/mol. The average molecular weight is 371 g/mol. The van der Waals surface area contributed by atoms with Crippen molar-refractivity contribution < 1.29 is 18.7 Å². The Kier molecular flexibility index (Phi) is 5.01. The van der Waals surface area contributed by atoms with Gasteiger partial charge in [-0.15, -0.1) is 0 Å². The molecule has 0 aliphatic carbocycles. The van der Waals surface area contributed by atoms with Crippen molar-refractivity contribution in [2.75, 3.05) is 38.2 Å². The second-order valence-electron chi connectivity index (χ2n) is 7.35. The number of hydrogen-bond acceptors (Lipinski definition) is 6. The van der Waals surface area contributed by atoms with Gasteiger partial charge in [0.1, 0.15) is 5.52 Å². The van der Waals surface area contributed by atoms with E-state index in [0.29, 0.717) is 31.9 Å². The lowest BCUT2D eigenvalue weighted by atomic mass is 9.92. The van der Waals surface area contributed by atoms with Gasteiger partial charge in [0.2, 0.25) is 5.91 Å². The lowest BCUT2D eigenvalue weighted by molar-refractivity contribution is -0.149. The molecule has 0 saturated carbocycles. The van der Waals surface area contributed by atoms with E-state index in [2.05, 4.69) is 9.88 Å². The Balaban J connectivity index is 1.31. The van der Waals surface area contributed by atoms with Crippen LogP contribution in [0, 0.1) is 11.8 Å². The summed E-state index contributed by atoms with van der Waals surface area (Å²) in [7, 11) is 1.42. The first-order valence-electron chi connectivity index (χ1n) is 9.63. The van der Waals surface area contributed by atoms with Gasteiger partial charge in [0.05, 0.1) is 13.0 Å². The van der Waals surface area contributed by atoms with E-state index < -0.39 is 0 Å². The van der Waals surface area contributed by atoms with E-state index >= 15 is 0 Å². The topological polar surface area (TPSA) is 75.9 Å². The number of piperidine rings is 2. The largest absolute Gasteiger partial charge is 0.469 e. The number of amides is 1. The number of aromatic nitrogens is 1. The maximum Gasteiger partial charge on any atom is 0.308 e. The van der Waals surface area contributed by atoms with E-state index in [1.807, 2.05) is 29.2 Å². The lowest BCUT2D eigenvalue weighted by Crippen LogP contribution is -2.46. The van der Waals surface area contributed by atoms with Crippen LogP contribution in [0.4, 0.5) is 6.01 Å². The summed E-state index contributed by atoms with van der Waals surface area (Å²) in [4.78, 5) is 33.1. The van der Waals surface area contributed by atoms with Crippen LogP contribution < -0.4 is 4.90 Å². The molecule has 0 spiro atoms. The second kappa shape index (κ2) is 7.58. The highest BCUT2D eigenvalue weighted by Crippen LogP contribution is 2.28. The Bertz CT molecular complexity index is 784. The minimum atomic E-state index is -0.159. The Morgan fingerprint density at radius 1 is 1.04 bits per heavy atom. The number of fused-ring (bicyclic) bond motifs is 1. The summed E-state index contributed by atoms with van der Waals surface area (Å²) in [6, 6.07) is 8.38. The maximum atomic E-state index is 12.8. The van der Waals surface area contributed by atoms with Gasteiger partial charge in [-0.25, -0.2) is 0 Å². The fourth-order valence-electron chi connectivity index (χ4n) is 4.07. The van der Waals surface area contributed by atoms with Crippen LogP contribution in [0.1, 0.15) is 25.7 Å². The molecule has 2 saturated heterocycles. The van der Waals surface area contributed by atoms with Gasteiger partial charge in [-0.3, -0.25) is 9.59 Å². The molecule has 1 aromatic heterocycles. The molecule has 144 valence electrons. The number of anilines is 1. The van der Waals surface area contributed by atoms with Crippen molar-refractivity contribution in [3.05, 3.63) is 24.3 Å². The minimum Gasteiger partial charge on any atom is -0.469 e. The van der Waals surface area contributed by atoms with Crippen LogP contribution in [0.5, 0.6) is 0 Å². The number of carbonyl (C=O) groups is 2. The zero-order valence-electron chi connectivity index (χ0n) is 15.6. The first-order chi connectivity index (χ1) is 13.2. The summed E-state index contributed by atoms with van der Waals surface area (Å²) >= 11 is 0. The fraction of sp³-hybridized carbons (Fsp3) is 0.550. The van der Waals surface area contributed by atoms with E-state index in [1.165, 1.54) is 7.11 Å². The van der Waals surface area contributed by atoms with Crippen LogP contribution >= 0.6 is 0 Å². The van der Waals surface area contributed by atoms with Gasteiger partial charge in [-0.05, 0) is 37.8 Å². The number of benzene rings is 1. The minimum absolute atomic E-state index is 0.0419. The Labute approximate surface area is 158 Å². The van der Waals surface area contributed by atoms with Crippen LogP contribution in [0.25, 0.3) is 11.1 Å². The third-order valence-corrected chi connectivity index (χ3v) is 5.74. The molecule has 27 heavy (non-hydrogen) atoms. The lowest BCUT2D eigenvalue weighted by Gasteiger charge is -2.36. The molecule has 2 aromatic rings. The molecule has 3 heterocycles. The molecule has 2 aliphatic heterocycles. The molecule has 2 fully saturated rings. The molecule has 7 nitrogen and oxygen atoms in total. The molecule has 7 heteroatoms. The first kappa shape index (κ1) is 17.8. The Morgan fingerprint density at radius 3 is 2.37 bits per heavy atom. The zero-order valence-corrected chi connectivity index (χ0v) is 15.6. The summed E-state index contributed by atoms with van der Waals surface area (Å²) in [6.45, 7) is 2.82. The van der Waals surface area contributed by atoms with E-state index in [-0.39, 0.29) is 23.7 Å². The van der Waals surface area contributed by atoms with Gasteiger partial charge in [0, 0.05) is 32.1 Å². The molecule has 0 atom stereocenters. The molecule has 0 N–H and O–H groups in total. The number of esters is 1. The van der Waals surface area contributed by atoms with Crippen LogP contribution in [0.2, 0.25) is 0 Å². The number of ether oxygens (including phenoxy) is 1. The van der Waals surface area contributed by atoms with Gasteiger partial charge in [0.15, 0.2) is 5.58 Å². The Morgan fingerprint density at radius 2 is 1.70 bits per heavy atom. The van der Waals surface area contributed by atoms with Crippen molar-refractivity contribution in [3.63, 3.8) is 0 Å². The molecular weight excluding hydrogens is 346 g/mol. The van der Waals surface area contributed by atoms with E-state index in [1.54, 1.807) is 0 Å². The standard InChI is InChI=1S/C20H25N3O4/c1-26-19(25)15-8-10-22(11-9-15)18(24)14-6-12-23(13-7-14)20-21-16-4-2-3-5-17(16)27-20/h2-5,14-15H,6-13H2,1H3. The van der Waals surface area contributed by atoms with Crippen LogP contribution in [0.15, 0.2) is 28.7 Å². The molecule has 4 rings (SSSR count). The Hall–Kier alpha value is -2.57. The third-order valence-electron chi connectivity index (χ3n) is 5.74. The molecule has 0 unspecified atom stereocenters. The fourth-order valence-corrected chi connectivity index (χ4v) is 4.07. The van der Waals surface area contributed by atoms with Crippen molar-refractivity contribution >= 4 is 29.0 Å². The van der Waals surface area contributed by atoms with Gasteiger partial charge < -0.3 is 19.0 Å². The number of hydrogen-bond donors (Lipinski definition) is 0. The number of rotatable bonds is 3. The number of carbonyl (C=O) groups excluding carboxylic acids is 2. The molecule has 1 aromatic carbocycles. The quantitative estimate of drug-likeness (QED) is 0.772. The number of likely N-dealkylation sites (tertiary alicyclic amines) is 1. The maximum absolute atomic E-state index is 12.8. The van der Waals surface area contributed by atoms with Crippen molar-refractivity contribution in [2.45, 2.75) is 25.7 Å². The number of methoxy groups -OCH3 is 1. The van der Waals surface area contributed by atoms with Gasteiger partial charge in [-0.1, -0.05) is 12.1 Å². The molecule has 2 aliphatic rings. The van der Waals surface area contributed by atoms with Crippen molar-refractivity contribution in [2.24, 2.45) is 11.8 Å².